The molecule has 7 nitrogen and oxygen atoms in total. The topological polar surface area (TPSA) is 106 Å². The first kappa shape index (κ1) is 14.4. The van der Waals surface area contributed by atoms with E-state index in [0.717, 1.165) is 12.3 Å². The van der Waals surface area contributed by atoms with Gasteiger partial charge in [0.1, 0.15) is 18.5 Å². The van der Waals surface area contributed by atoms with Crippen LogP contribution < -0.4 is 16.5 Å². The highest BCUT2D eigenvalue weighted by molar-refractivity contribution is 6.13. The van der Waals surface area contributed by atoms with Gasteiger partial charge in [-0.1, -0.05) is 18.2 Å². The fourth-order valence-corrected chi connectivity index (χ4v) is 1.56. The van der Waals surface area contributed by atoms with E-state index in [1.165, 1.54) is 24.3 Å². The zero-order chi connectivity index (χ0) is 15.2. The van der Waals surface area contributed by atoms with E-state index in [4.69, 9.17) is 9.15 Å². The van der Waals surface area contributed by atoms with E-state index in [9.17, 15) is 19.2 Å². The van der Waals surface area contributed by atoms with Crippen LogP contribution in [0.4, 0.5) is 0 Å². The van der Waals surface area contributed by atoms with Gasteiger partial charge in [0.2, 0.25) is 0 Å². The summed E-state index contributed by atoms with van der Waals surface area (Å²) in [5.41, 5.74) is -0.102. The fourth-order valence-electron chi connectivity index (χ4n) is 1.56. The molecule has 0 spiro atoms. The molecule has 1 aromatic heterocycles. The SMILES string of the molecule is O=C1C=c2[nH]c(=O)o/c2=C/OC(=O)CC(=O)C/C=C\C=C/1. The second-order valence-corrected chi connectivity index (χ2v) is 4.15. The minimum absolute atomic E-state index is 0.0574. The zero-order valence-corrected chi connectivity index (χ0v) is 10.8. The summed E-state index contributed by atoms with van der Waals surface area (Å²) in [5, 5.41) is 0.0785. The van der Waals surface area contributed by atoms with Crippen molar-refractivity contribution in [3.63, 3.8) is 0 Å². The molecule has 1 aromatic rings. The van der Waals surface area contributed by atoms with Crippen molar-refractivity contribution in [1.82, 2.24) is 4.98 Å². The van der Waals surface area contributed by atoms with E-state index < -0.39 is 23.9 Å². The van der Waals surface area contributed by atoms with Gasteiger partial charge in [-0.25, -0.2) is 4.79 Å². The summed E-state index contributed by atoms with van der Waals surface area (Å²) >= 11 is 0. The number of oxazole rings is 1. The Hall–Kier alpha value is -2.96. The van der Waals surface area contributed by atoms with Gasteiger partial charge in [0.05, 0.1) is 5.35 Å². The number of carbonyl (C=O) groups excluding carboxylic acids is 3. The van der Waals surface area contributed by atoms with Crippen LogP contribution in [0.25, 0.3) is 12.3 Å². The number of ketones is 2. The van der Waals surface area contributed by atoms with Crippen LogP contribution in [0.5, 0.6) is 0 Å². The minimum atomic E-state index is -0.791. The number of H-pyrrole nitrogens is 1. The molecule has 1 aliphatic rings. The van der Waals surface area contributed by atoms with E-state index in [2.05, 4.69) is 4.98 Å². The third-order valence-corrected chi connectivity index (χ3v) is 2.48. The molecule has 1 N–H and O–H groups in total. The Morgan fingerprint density at radius 1 is 1.10 bits per heavy atom. The van der Waals surface area contributed by atoms with E-state index in [1.807, 2.05) is 0 Å². The van der Waals surface area contributed by atoms with Crippen LogP contribution in [0.2, 0.25) is 0 Å². The minimum Gasteiger partial charge on any atom is -0.430 e. The molecule has 0 aliphatic carbocycles. The first-order valence-electron chi connectivity index (χ1n) is 6.04. The number of fused-ring (bicyclic) bond motifs is 1. The standard InChI is InChI=1S/C14H11NO6/c16-9-4-2-1-3-5-10(17)7-13(18)20-8-12-11(6-9)15-14(19)21-12/h1-4,6,8H,5,7H2,(H,15,19)/b3-1-,4-2-,11-6?,12-8+. The molecule has 0 bridgehead atoms. The number of aromatic nitrogens is 1. The predicted octanol–water partition coefficient (Wildman–Crippen LogP) is -0.926. The molecule has 7 heteroatoms. The van der Waals surface area contributed by atoms with Gasteiger partial charge >= 0.3 is 11.7 Å². The van der Waals surface area contributed by atoms with Gasteiger partial charge in [-0.15, -0.1) is 0 Å². The molecule has 0 radical (unpaired) electrons. The van der Waals surface area contributed by atoms with Crippen molar-refractivity contribution >= 4 is 29.9 Å². The number of carbonyl (C=O) groups is 3. The van der Waals surface area contributed by atoms with Crippen LogP contribution in [0.1, 0.15) is 12.8 Å². The van der Waals surface area contributed by atoms with E-state index in [1.54, 1.807) is 0 Å². The Bertz CT molecular complexity index is 805. The summed E-state index contributed by atoms with van der Waals surface area (Å²) < 4.78 is 9.46. The van der Waals surface area contributed by atoms with Gasteiger partial charge < -0.3 is 9.15 Å². The highest BCUT2D eigenvalue weighted by Crippen LogP contribution is 1.96. The van der Waals surface area contributed by atoms with Gasteiger partial charge in [0.15, 0.2) is 11.2 Å². The summed E-state index contributed by atoms with van der Waals surface area (Å²) in [6.07, 6.45) is 7.44. The van der Waals surface area contributed by atoms with Gasteiger partial charge in [-0.2, -0.15) is 0 Å². The maximum atomic E-state index is 11.6. The molecule has 2 heterocycles. The van der Waals surface area contributed by atoms with Crippen LogP contribution in [-0.2, 0) is 19.1 Å². The molecule has 0 atom stereocenters. The maximum Gasteiger partial charge on any atom is 0.417 e. The molecular weight excluding hydrogens is 278 g/mol. The second kappa shape index (κ2) is 6.47. The van der Waals surface area contributed by atoms with Crippen LogP contribution in [0.3, 0.4) is 0 Å². The number of allylic oxidation sites excluding steroid dienone is 4. The normalized spacial score (nSPS) is 21.1. The molecule has 0 aromatic carbocycles. The molecule has 2 rings (SSSR count). The number of esters is 1. The summed E-state index contributed by atoms with van der Waals surface area (Å²) in [7, 11) is 0. The van der Waals surface area contributed by atoms with Crippen LogP contribution in [0.15, 0.2) is 33.5 Å². The number of Topliss-reactive ketones (excluding diaryl/α,β-unsaturated/α-hetero) is 1. The Morgan fingerprint density at radius 2 is 1.90 bits per heavy atom. The number of aromatic amines is 1. The Balaban J connectivity index is 2.47. The van der Waals surface area contributed by atoms with Crippen LogP contribution >= 0.6 is 0 Å². The van der Waals surface area contributed by atoms with Gasteiger partial charge in [-0.05, 0) is 6.08 Å². The number of rotatable bonds is 0. The molecule has 108 valence electrons. The average Bonchev–Trinajstić information content (AvgIpc) is 2.75. The van der Waals surface area contributed by atoms with Crippen molar-refractivity contribution in [2.24, 2.45) is 0 Å². The quantitative estimate of drug-likeness (QED) is 0.488. The molecular formula is C14H11NO6. The first-order chi connectivity index (χ1) is 10.0. The molecule has 1 aliphatic heterocycles. The van der Waals surface area contributed by atoms with E-state index in [0.29, 0.717) is 0 Å². The fraction of sp³-hybridized carbons (Fsp3) is 0.143. The van der Waals surface area contributed by atoms with Crippen molar-refractivity contribution in [2.45, 2.75) is 12.8 Å². The molecule has 0 unspecified atom stereocenters. The third-order valence-electron chi connectivity index (χ3n) is 2.48. The third kappa shape index (κ3) is 4.27. The van der Waals surface area contributed by atoms with Gasteiger partial charge in [0, 0.05) is 12.5 Å². The molecule has 0 amide bonds. The lowest BCUT2D eigenvalue weighted by Gasteiger charge is -1.96. The van der Waals surface area contributed by atoms with Crippen molar-refractivity contribution in [1.29, 1.82) is 0 Å². The highest BCUT2D eigenvalue weighted by Gasteiger charge is 2.09. The van der Waals surface area contributed by atoms with Crippen LogP contribution in [-0.4, -0.2) is 22.5 Å². The average molecular weight is 289 g/mol. The summed E-state index contributed by atoms with van der Waals surface area (Å²) in [6, 6.07) is 0. The number of nitrogens with one attached hydrogen (secondary N) is 1. The molecule has 21 heavy (non-hydrogen) atoms. The van der Waals surface area contributed by atoms with E-state index >= 15 is 0 Å². The maximum absolute atomic E-state index is 11.6. The number of hydrogen-bond acceptors (Lipinski definition) is 6. The van der Waals surface area contributed by atoms with Crippen molar-refractivity contribution in [3.8, 4) is 0 Å². The van der Waals surface area contributed by atoms with Crippen molar-refractivity contribution < 1.29 is 23.5 Å². The lowest BCUT2D eigenvalue weighted by molar-refractivity contribution is -0.139. The number of cyclic esters (lactones) is 1. The lowest BCUT2D eigenvalue weighted by Crippen LogP contribution is -2.25. The molecule has 0 saturated heterocycles. The summed E-state index contributed by atoms with van der Waals surface area (Å²) in [6.45, 7) is 0. The van der Waals surface area contributed by atoms with Crippen molar-refractivity contribution in [3.05, 3.63) is 45.6 Å². The zero-order valence-electron chi connectivity index (χ0n) is 10.8. The number of hydrogen-bond donors (Lipinski definition) is 1. The van der Waals surface area contributed by atoms with Crippen molar-refractivity contribution in [2.75, 3.05) is 0 Å². The van der Waals surface area contributed by atoms with E-state index in [-0.39, 0.29) is 23.0 Å². The Labute approximate surface area is 117 Å². The summed E-state index contributed by atoms with van der Waals surface area (Å²) in [4.78, 5) is 47.9. The van der Waals surface area contributed by atoms with Gasteiger partial charge in [-0.3, -0.25) is 19.4 Å². The molecule has 0 fully saturated rings. The summed E-state index contributed by atoms with van der Waals surface area (Å²) in [5.74, 6) is -2.30. The molecule has 0 saturated carbocycles. The largest absolute Gasteiger partial charge is 0.430 e. The van der Waals surface area contributed by atoms with Gasteiger partial charge in [0.25, 0.3) is 0 Å². The Kier molecular flexibility index (Phi) is 4.45. The highest BCUT2D eigenvalue weighted by atomic mass is 16.5. The Morgan fingerprint density at radius 3 is 2.71 bits per heavy atom. The number of ether oxygens (including phenoxy) is 1. The smallest absolute Gasteiger partial charge is 0.417 e. The predicted molar refractivity (Wildman–Crippen MR) is 71.1 cm³/mol. The monoisotopic (exact) mass is 289 g/mol. The van der Waals surface area contributed by atoms with Crippen LogP contribution in [0, 0.1) is 0 Å². The lowest BCUT2D eigenvalue weighted by atomic mass is 10.2. The first-order valence-corrected chi connectivity index (χ1v) is 6.04. The second-order valence-electron chi connectivity index (χ2n) is 4.15.